The van der Waals surface area contributed by atoms with E-state index in [1.165, 1.54) is 12.8 Å². The van der Waals surface area contributed by atoms with Crippen LogP contribution in [0.1, 0.15) is 49.0 Å². The SMILES string of the molecule is C[C@H](C1CC1)[n+]1[nH]ccc1NC(=O)c1cccnc1N1CCCC1. The second kappa shape index (κ2) is 6.26. The first-order valence-electron chi connectivity index (χ1n) is 8.84. The van der Waals surface area contributed by atoms with E-state index in [1.54, 1.807) is 6.20 Å². The minimum atomic E-state index is -0.0960. The van der Waals surface area contributed by atoms with Crippen LogP contribution in [0.4, 0.5) is 11.6 Å². The Kier molecular flexibility index (Phi) is 3.96. The van der Waals surface area contributed by atoms with Crippen LogP contribution in [0.5, 0.6) is 0 Å². The van der Waals surface area contributed by atoms with Gasteiger partial charge in [0.15, 0.2) is 0 Å². The van der Waals surface area contributed by atoms with E-state index in [0.29, 0.717) is 17.5 Å². The Labute approximate surface area is 141 Å². The lowest BCUT2D eigenvalue weighted by molar-refractivity contribution is -0.761. The van der Waals surface area contributed by atoms with Gasteiger partial charge in [0.05, 0.1) is 0 Å². The van der Waals surface area contributed by atoms with Crippen LogP contribution in [0.15, 0.2) is 30.6 Å². The molecule has 1 atom stereocenters. The van der Waals surface area contributed by atoms with Gasteiger partial charge >= 0.3 is 11.7 Å². The van der Waals surface area contributed by atoms with Gasteiger partial charge in [-0.25, -0.2) is 20.2 Å². The van der Waals surface area contributed by atoms with Crippen LogP contribution >= 0.6 is 0 Å². The Morgan fingerprint density at radius 2 is 2.17 bits per heavy atom. The predicted octanol–water partition coefficient (Wildman–Crippen LogP) is 2.52. The monoisotopic (exact) mass is 326 g/mol. The normalized spacial score (nSPS) is 18.6. The molecule has 4 rings (SSSR count). The number of H-pyrrole nitrogens is 1. The first kappa shape index (κ1) is 15.2. The second-order valence-corrected chi connectivity index (χ2v) is 6.82. The zero-order valence-corrected chi connectivity index (χ0v) is 14.0. The number of carbonyl (C=O) groups is 1. The van der Waals surface area contributed by atoms with Crippen LogP contribution in [0.2, 0.25) is 0 Å². The van der Waals surface area contributed by atoms with Crippen molar-refractivity contribution in [3.05, 3.63) is 36.2 Å². The number of amides is 1. The maximum Gasteiger partial charge on any atom is 0.342 e. The largest absolute Gasteiger partial charge is 0.356 e. The number of aromatic nitrogens is 3. The molecule has 0 bridgehead atoms. The van der Waals surface area contributed by atoms with Gasteiger partial charge in [0.2, 0.25) is 0 Å². The third kappa shape index (κ3) is 2.88. The standard InChI is InChI=1S/C18H23N5O/c1-13(14-6-7-14)23-16(8-10-20-23)21-18(24)15-5-4-9-19-17(15)22-11-2-3-12-22/h4-5,8-10,13-14H,2-3,6-7,11-12H2,1H3,(H,20,21,24)/p+1/t13-/m1/s1. The van der Waals surface area contributed by atoms with E-state index < -0.39 is 0 Å². The van der Waals surface area contributed by atoms with Crippen LogP contribution in [0.25, 0.3) is 0 Å². The van der Waals surface area contributed by atoms with Crippen molar-refractivity contribution < 1.29 is 9.48 Å². The number of nitrogens with zero attached hydrogens (tertiary/aromatic N) is 3. The van der Waals surface area contributed by atoms with Gasteiger partial charge < -0.3 is 4.90 Å². The number of hydrogen-bond acceptors (Lipinski definition) is 3. The molecule has 2 aromatic heterocycles. The van der Waals surface area contributed by atoms with Crippen molar-refractivity contribution in [1.29, 1.82) is 0 Å². The highest BCUT2D eigenvalue weighted by Crippen LogP contribution is 2.37. The molecule has 0 aromatic carbocycles. The molecule has 2 aliphatic rings. The van der Waals surface area contributed by atoms with Gasteiger partial charge in [0.1, 0.15) is 17.4 Å². The zero-order chi connectivity index (χ0) is 16.5. The van der Waals surface area contributed by atoms with Crippen molar-refractivity contribution in [2.45, 2.75) is 38.6 Å². The molecule has 1 amide bonds. The highest BCUT2D eigenvalue weighted by Gasteiger charge is 2.35. The van der Waals surface area contributed by atoms with Crippen LogP contribution in [0.3, 0.4) is 0 Å². The molecule has 1 saturated carbocycles. The molecule has 0 unspecified atom stereocenters. The summed E-state index contributed by atoms with van der Waals surface area (Å²) in [7, 11) is 0. The molecular weight excluding hydrogens is 302 g/mol. The minimum Gasteiger partial charge on any atom is -0.356 e. The number of hydrogen-bond donors (Lipinski definition) is 2. The van der Waals surface area contributed by atoms with E-state index in [4.69, 9.17) is 0 Å². The average Bonchev–Trinajstić information content (AvgIpc) is 3.11. The number of nitrogens with one attached hydrogen (secondary N) is 2. The van der Waals surface area contributed by atoms with Gasteiger partial charge in [-0.3, -0.25) is 0 Å². The number of rotatable bonds is 5. The third-order valence-electron chi connectivity index (χ3n) is 5.10. The molecule has 126 valence electrons. The van der Waals surface area contributed by atoms with Crippen molar-refractivity contribution in [2.75, 3.05) is 23.3 Å². The summed E-state index contributed by atoms with van der Waals surface area (Å²) >= 11 is 0. The molecule has 0 spiro atoms. The Morgan fingerprint density at radius 3 is 2.92 bits per heavy atom. The summed E-state index contributed by atoms with van der Waals surface area (Å²) in [5.74, 6) is 2.23. The maximum atomic E-state index is 12.8. The predicted molar refractivity (Wildman–Crippen MR) is 92.1 cm³/mol. The first-order valence-corrected chi connectivity index (χ1v) is 8.84. The quantitative estimate of drug-likeness (QED) is 0.830. The molecule has 24 heavy (non-hydrogen) atoms. The lowest BCUT2D eigenvalue weighted by Gasteiger charge is -2.18. The summed E-state index contributed by atoms with van der Waals surface area (Å²) in [6, 6.07) is 5.98. The summed E-state index contributed by atoms with van der Waals surface area (Å²) in [5.41, 5.74) is 0.645. The van der Waals surface area contributed by atoms with E-state index in [0.717, 1.165) is 37.6 Å². The lowest BCUT2D eigenvalue weighted by atomic mass is 10.2. The van der Waals surface area contributed by atoms with E-state index in [9.17, 15) is 4.79 Å². The molecule has 2 aromatic rings. The van der Waals surface area contributed by atoms with Gasteiger partial charge in [0.25, 0.3) is 0 Å². The molecule has 2 N–H and O–H groups in total. The molecule has 1 saturated heterocycles. The van der Waals surface area contributed by atoms with Crippen LogP contribution in [0, 0.1) is 5.92 Å². The summed E-state index contributed by atoms with van der Waals surface area (Å²) in [6.07, 6.45) is 8.49. The first-order chi connectivity index (χ1) is 11.7. The van der Waals surface area contributed by atoms with E-state index in [2.05, 4.69) is 31.9 Å². The summed E-state index contributed by atoms with van der Waals surface area (Å²) in [6.45, 7) is 4.14. The van der Waals surface area contributed by atoms with Crippen molar-refractivity contribution in [3.8, 4) is 0 Å². The van der Waals surface area contributed by atoms with Crippen LogP contribution in [-0.4, -0.2) is 29.1 Å². The Morgan fingerprint density at radius 1 is 1.38 bits per heavy atom. The highest BCUT2D eigenvalue weighted by molar-refractivity contribution is 6.06. The molecule has 1 aliphatic heterocycles. The average molecular weight is 326 g/mol. The fourth-order valence-corrected chi connectivity index (χ4v) is 3.51. The van der Waals surface area contributed by atoms with Gasteiger partial charge in [-0.15, -0.1) is 0 Å². The number of pyridine rings is 1. The lowest BCUT2D eigenvalue weighted by Crippen LogP contribution is -2.43. The fraction of sp³-hybridized carbons (Fsp3) is 0.500. The molecule has 0 radical (unpaired) electrons. The summed E-state index contributed by atoms with van der Waals surface area (Å²) in [5, 5.41) is 6.29. The van der Waals surface area contributed by atoms with E-state index in [1.807, 2.05) is 24.4 Å². The number of anilines is 2. The Hall–Kier alpha value is -2.37. The summed E-state index contributed by atoms with van der Waals surface area (Å²) < 4.78 is 2.06. The zero-order valence-electron chi connectivity index (χ0n) is 14.0. The van der Waals surface area contributed by atoms with Crippen molar-refractivity contribution in [2.24, 2.45) is 5.92 Å². The molecule has 1 aliphatic carbocycles. The van der Waals surface area contributed by atoms with Crippen LogP contribution < -0.4 is 14.9 Å². The number of carbonyl (C=O) groups excluding carboxylic acids is 1. The maximum absolute atomic E-state index is 12.8. The van der Waals surface area contributed by atoms with Gasteiger partial charge in [0, 0.05) is 37.5 Å². The van der Waals surface area contributed by atoms with Gasteiger partial charge in [-0.2, -0.15) is 4.68 Å². The van der Waals surface area contributed by atoms with Gasteiger partial charge in [-0.05, 0) is 44.7 Å². The molecule has 6 nitrogen and oxygen atoms in total. The van der Waals surface area contributed by atoms with E-state index in [-0.39, 0.29) is 5.91 Å². The van der Waals surface area contributed by atoms with Crippen LogP contribution in [-0.2, 0) is 0 Å². The molecule has 2 fully saturated rings. The topological polar surface area (TPSA) is 64.9 Å². The minimum absolute atomic E-state index is 0.0960. The Balaban J connectivity index is 1.56. The van der Waals surface area contributed by atoms with Gasteiger partial charge in [-0.1, -0.05) is 0 Å². The molecule has 6 heteroatoms. The van der Waals surface area contributed by atoms with E-state index >= 15 is 0 Å². The Bertz CT molecular complexity index is 731. The third-order valence-corrected chi connectivity index (χ3v) is 5.10. The molecular formula is C18H24N5O+. The van der Waals surface area contributed by atoms with Crippen molar-refractivity contribution >= 4 is 17.5 Å². The fourth-order valence-electron chi connectivity index (χ4n) is 3.51. The second-order valence-electron chi connectivity index (χ2n) is 6.82. The van der Waals surface area contributed by atoms with Crippen molar-refractivity contribution in [1.82, 2.24) is 10.1 Å². The number of aromatic amines is 1. The molecule has 3 heterocycles. The summed E-state index contributed by atoms with van der Waals surface area (Å²) in [4.78, 5) is 19.5. The smallest absolute Gasteiger partial charge is 0.342 e. The highest BCUT2D eigenvalue weighted by atomic mass is 16.1. The van der Waals surface area contributed by atoms with Crippen molar-refractivity contribution in [3.63, 3.8) is 0 Å².